The van der Waals surface area contributed by atoms with E-state index in [2.05, 4.69) is 21.9 Å². The van der Waals surface area contributed by atoms with E-state index in [4.69, 9.17) is 0 Å². The quantitative estimate of drug-likeness (QED) is 0.549. The summed E-state index contributed by atoms with van der Waals surface area (Å²) in [6.07, 6.45) is 0.462. The third-order valence-corrected chi connectivity index (χ3v) is 9.23. The lowest BCUT2D eigenvalue weighted by Crippen LogP contribution is -2.52. The van der Waals surface area contributed by atoms with E-state index in [-0.39, 0.29) is 18.1 Å². The third-order valence-electron chi connectivity index (χ3n) is 8.12. The molecule has 9 heteroatoms. The molecule has 0 N–H and O–H groups in total. The van der Waals surface area contributed by atoms with Crippen LogP contribution >= 0.6 is 0 Å². The van der Waals surface area contributed by atoms with Gasteiger partial charge in [-0.25, -0.2) is 8.42 Å². The molecule has 3 aliphatic rings. The van der Waals surface area contributed by atoms with Gasteiger partial charge in [0.05, 0.1) is 17.5 Å². The first-order valence-corrected chi connectivity index (χ1v) is 14.6. The summed E-state index contributed by atoms with van der Waals surface area (Å²) in [6.45, 7) is 2.42. The zero-order chi connectivity index (χ0) is 25.5. The van der Waals surface area contributed by atoms with Gasteiger partial charge in [0.1, 0.15) is 0 Å². The molecule has 0 aromatic heterocycles. The lowest BCUT2D eigenvalue weighted by atomic mass is 9.89. The molecule has 5 nitrogen and oxygen atoms in total. The van der Waals surface area contributed by atoms with Crippen LogP contribution in [0.4, 0.5) is 18.9 Å². The second-order valence-electron chi connectivity index (χ2n) is 10.6. The zero-order valence-electron chi connectivity index (χ0n) is 20.6. The Balaban J connectivity index is 1.32. The number of benzene rings is 2. The van der Waals surface area contributed by atoms with E-state index >= 15 is 0 Å². The second-order valence-corrected chi connectivity index (χ2v) is 12.7. The van der Waals surface area contributed by atoms with Crippen molar-refractivity contribution in [1.82, 2.24) is 9.80 Å². The van der Waals surface area contributed by atoms with E-state index in [1.807, 2.05) is 24.3 Å². The highest BCUT2D eigenvalue weighted by molar-refractivity contribution is 7.90. The Morgan fingerprint density at radius 1 is 0.944 bits per heavy atom. The van der Waals surface area contributed by atoms with Gasteiger partial charge in [0.2, 0.25) is 0 Å². The predicted molar refractivity (Wildman–Crippen MR) is 135 cm³/mol. The van der Waals surface area contributed by atoms with E-state index in [1.165, 1.54) is 11.8 Å². The largest absolute Gasteiger partial charge is 0.401 e. The summed E-state index contributed by atoms with van der Waals surface area (Å²) in [6, 6.07) is 17.7. The number of nitrogens with zero attached hydrogens (tertiary/aromatic N) is 3. The van der Waals surface area contributed by atoms with Gasteiger partial charge >= 0.3 is 6.18 Å². The van der Waals surface area contributed by atoms with Crippen LogP contribution in [0.5, 0.6) is 0 Å². The lowest BCUT2D eigenvalue weighted by Gasteiger charge is -2.46. The summed E-state index contributed by atoms with van der Waals surface area (Å²) in [5.41, 5.74) is 2.11. The number of piperidine rings is 1. The lowest BCUT2D eigenvalue weighted by molar-refractivity contribution is -0.157. The molecule has 0 radical (unpaired) electrons. The molecular weight excluding hydrogens is 487 g/mol. The van der Waals surface area contributed by atoms with Gasteiger partial charge in [-0.15, -0.1) is 0 Å². The van der Waals surface area contributed by atoms with Crippen LogP contribution in [-0.2, 0) is 9.84 Å². The number of sulfone groups is 1. The molecule has 36 heavy (non-hydrogen) atoms. The minimum Gasteiger partial charge on any atom is -0.368 e. The van der Waals surface area contributed by atoms with Crippen LogP contribution in [0.2, 0.25) is 0 Å². The number of hydrogen-bond acceptors (Lipinski definition) is 5. The molecule has 3 heterocycles. The predicted octanol–water partition coefficient (Wildman–Crippen LogP) is 4.76. The van der Waals surface area contributed by atoms with Crippen LogP contribution < -0.4 is 4.90 Å². The highest BCUT2D eigenvalue weighted by atomic mass is 32.2. The van der Waals surface area contributed by atoms with E-state index in [0.29, 0.717) is 10.8 Å². The van der Waals surface area contributed by atoms with Gasteiger partial charge in [0, 0.05) is 50.2 Å². The van der Waals surface area contributed by atoms with Gasteiger partial charge in [-0.1, -0.05) is 36.4 Å². The van der Waals surface area contributed by atoms with Crippen molar-refractivity contribution in [3.8, 4) is 0 Å². The normalized spacial score (nSPS) is 27.9. The molecule has 196 valence electrons. The highest BCUT2D eigenvalue weighted by Gasteiger charge is 2.46. The highest BCUT2D eigenvalue weighted by Crippen LogP contribution is 2.41. The maximum atomic E-state index is 13.1. The second kappa shape index (κ2) is 9.99. The molecule has 2 aromatic rings. The van der Waals surface area contributed by atoms with E-state index in [9.17, 15) is 21.6 Å². The van der Waals surface area contributed by atoms with Crippen molar-refractivity contribution in [3.05, 3.63) is 60.2 Å². The van der Waals surface area contributed by atoms with Crippen LogP contribution in [0.3, 0.4) is 0 Å². The van der Waals surface area contributed by atoms with Crippen LogP contribution in [0.1, 0.15) is 37.3 Å². The fourth-order valence-corrected chi connectivity index (χ4v) is 7.17. The number of alkyl halides is 3. The molecule has 3 aliphatic heterocycles. The molecule has 1 unspecified atom stereocenters. The van der Waals surface area contributed by atoms with Crippen molar-refractivity contribution >= 4 is 15.5 Å². The van der Waals surface area contributed by atoms with Gasteiger partial charge in [0.15, 0.2) is 9.84 Å². The SMILES string of the molecule is CS(=O)(=O)c1cccc(N2CCN(CC3C[C@H]4CC[C@@H](C3)N4CC(F)(F)F)[C@H](c3ccccc3)C2)c1. The Kier molecular flexibility index (Phi) is 7.09. The Labute approximate surface area is 211 Å². The van der Waals surface area contributed by atoms with Crippen LogP contribution in [0.25, 0.3) is 0 Å². The third kappa shape index (κ3) is 5.73. The summed E-state index contributed by atoms with van der Waals surface area (Å²) in [4.78, 5) is 6.77. The number of anilines is 1. The smallest absolute Gasteiger partial charge is 0.368 e. The summed E-state index contributed by atoms with van der Waals surface area (Å²) >= 11 is 0. The fraction of sp³-hybridized carbons (Fsp3) is 0.556. The fourth-order valence-electron chi connectivity index (χ4n) is 6.51. The number of halogens is 3. The topological polar surface area (TPSA) is 43.9 Å². The number of rotatable bonds is 6. The Morgan fingerprint density at radius 3 is 2.28 bits per heavy atom. The van der Waals surface area contributed by atoms with Gasteiger partial charge in [-0.05, 0) is 55.4 Å². The average Bonchev–Trinajstić information content (AvgIpc) is 3.05. The minimum absolute atomic E-state index is 0.0329. The Hall–Kier alpha value is -2.10. The minimum atomic E-state index is -4.14. The van der Waals surface area contributed by atoms with Crippen molar-refractivity contribution in [3.63, 3.8) is 0 Å². The molecule has 2 aromatic carbocycles. The molecule has 0 aliphatic carbocycles. The molecule has 2 bridgehead atoms. The maximum Gasteiger partial charge on any atom is 0.401 e. The molecule has 3 saturated heterocycles. The average molecular weight is 522 g/mol. The molecule has 0 spiro atoms. The van der Waals surface area contributed by atoms with Gasteiger partial charge < -0.3 is 4.90 Å². The van der Waals surface area contributed by atoms with E-state index in [1.54, 1.807) is 23.1 Å². The summed E-state index contributed by atoms with van der Waals surface area (Å²) < 4.78 is 63.5. The standard InChI is InChI=1S/C27H34F3N3O2S/c1-36(34,35)25-9-5-8-22(16-25)31-12-13-32(26(18-31)21-6-3-2-4-7-21)17-20-14-23-10-11-24(15-20)33(23)19-27(28,29)30/h2-9,16,20,23-24,26H,10-15,17-19H2,1H3/t20?,23-,24+,26-/m0/s1. The van der Waals surface area contributed by atoms with Crippen LogP contribution in [0, 0.1) is 5.92 Å². The Bertz CT molecular complexity index is 1140. The molecule has 0 amide bonds. The first kappa shape index (κ1) is 25.5. The number of piperazine rings is 1. The van der Waals surface area contributed by atoms with Crippen molar-refractivity contribution in [2.24, 2.45) is 5.92 Å². The van der Waals surface area contributed by atoms with E-state index < -0.39 is 22.6 Å². The first-order chi connectivity index (χ1) is 17.1. The molecular formula is C27H34F3N3O2S. The van der Waals surface area contributed by atoms with Crippen molar-refractivity contribution < 1.29 is 21.6 Å². The molecule has 5 rings (SSSR count). The molecule has 4 atom stereocenters. The Morgan fingerprint density at radius 2 is 1.64 bits per heavy atom. The van der Waals surface area contributed by atoms with Crippen molar-refractivity contribution in [2.45, 2.75) is 54.9 Å². The monoisotopic (exact) mass is 521 g/mol. The van der Waals surface area contributed by atoms with Gasteiger partial charge in [-0.3, -0.25) is 9.80 Å². The number of fused-ring (bicyclic) bond motifs is 2. The first-order valence-electron chi connectivity index (χ1n) is 12.7. The zero-order valence-corrected chi connectivity index (χ0v) is 21.4. The van der Waals surface area contributed by atoms with Crippen LogP contribution in [-0.4, -0.2) is 75.5 Å². The van der Waals surface area contributed by atoms with Gasteiger partial charge in [0.25, 0.3) is 0 Å². The summed E-state index contributed by atoms with van der Waals surface area (Å²) in [5.74, 6) is 0.387. The molecule has 0 saturated carbocycles. The van der Waals surface area contributed by atoms with Gasteiger partial charge in [-0.2, -0.15) is 13.2 Å². The van der Waals surface area contributed by atoms with E-state index in [0.717, 1.165) is 57.5 Å². The summed E-state index contributed by atoms with van der Waals surface area (Å²) in [5, 5.41) is 0. The van der Waals surface area contributed by atoms with Crippen molar-refractivity contribution in [1.29, 1.82) is 0 Å². The number of hydrogen-bond donors (Lipinski definition) is 0. The van der Waals surface area contributed by atoms with Crippen molar-refractivity contribution in [2.75, 3.05) is 43.9 Å². The maximum absolute atomic E-state index is 13.1. The molecule has 3 fully saturated rings. The van der Waals surface area contributed by atoms with Crippen LogP contribution in [0.15, 0.2) is 59.5 Å². The summed E-state index contributed by atoms with van der Waals surface area (Å²) in [7, 11) is -3.29.